The number of rotatable bonds is 7. The van der Waals surface area contributed by atoms with E-state index in [-0.39, 0.29) is 23.4 Å². The Balaban J connectivity index is 1.48. The Hall–Kier alpha value is -4.00. The van der Waals surface area contributed by atoms with Crippen LogP contribution < -0.4 is 5.32 Å². The zero-order valence-corrected chi connectivity index (χ0v) is 19.0. The normalized spacial score (nSPS) is 15.4. The van der Waals surface area contributed by atoms with Crippen LogP contribution in [0, 0.1) is 17.0 Å². The highest BCUT2D eigenvalue weighted by atomic mass is 16.6. The van der Waals surface area contributed by atoms with Gasteiger partial charge >= 0.3 is 0 Å². The molecule has 0 radical (unpaired) electrons. The number of carbonyl (C=O) groups excluding carboxylic acids is 2. The monoisotopic (exact) mass is 457 g/mol. The molecule has 4 rings (SSSR count). The Morgan fingerprint density at radius 1 is 1.03 bits per heavy atom. The van der Waals surface area contributed by atoms with Crippen LogP contribution in [0.4, 0.5) is 5.69 Å². The molecule has 1 N–H and O–H groups in total. The molecular weight excluding hydrogens is 430 g/mol. The number of nitro groups is 1. The van der Waals surface area contributed by atoms with E-state index < -0.39 is 11.0 Å². The Kier molecular flexibility index (Phi) is 7.01. The summed E-state index contributed by atoms with van der Waals surface area (Å²) in [4.78, 5) is 38.5. The van der Waals surface area contributed by atoms with Gasteiger partial charge in [0.05, 0.1) is 4.92 Å². The molecule has 7 nitrogen and oxygen atoms in total. The molecule has 0 aromatic heterocycles. The summed E-state index contributed by atoms with van der Waals surface area (Å²) in [6.45, 7) is 2.51. The van der Waals surface area contributed by atoms with Gasteiger partial charge < -0.3 is 10.2 Å². The summed E-state index contributed by atoms with van der Waals surface area (Å²) < 4.78 is 0. The number of amides is 2. The molecule has 0 bridgehead atoms. The number of aryl methyl sites for hydroxylation is 1. The Bertz CT molecular complexity index is 1140. The van der Waals surface area contributed by atoms with E-state index in [4.69, 9.17) is 0 Å². The fourth-order valence-corrected chi connectivity index (χ4v) is 4.56. The SMILES string of the molecule is Cc1cc(C(=O)N2CCCC2C(=O)NCC(c2ccccc2)c2ccccc2)ccc1[N+](=O)[O-]. The van der Waals surface area contributed by atoms with Gasteiger partial charge in [0.2, 0.25) is 5.91 Å². The van der Waals surface area contributed by atoms with E-state index >= 15 is 0 Å². The topological polar surface area (TPSA) is 92.6 Å². The third kappa shape index (κ3) is 4.98. The highest BCUT2D eigenvalue weighted by Gasteiger charge is 2.35. The molecule has 3 aromatic carbocycles. The van der Waals surface area contributed by atoms with E-state index in [1.807, 2.05) is 60.7 Å². The van der Waals surface area contributed by atoms with Crippen molar-refractivity contribution in [1.82, 2.24) is 10.2 Å². The number of likely N-dealkylation sites (tertiary alicyclic amines) is 1. The van der Waals surface area contributed by atoms with Gasteiger partial charge in [0.15, 0.2) is 0 Å². The van der Waals surface area contributed by atoms with Gasteiger partial charge in [-0.05, 0) is 43.0 Å². The molecule has 0 saturated carbocycles. The standard InChI is InChI=1S/C27H27N3O4/c1-19-17-22(14-15-24(19)30(33)34)27(32)29-16-8-13-25(29)26(31)28-18-23(20-9-4-2-5-10-20)21-11-6-3-7-12-21/h2-7,9-12,14-15,17,23,25H,8,13,16,18H2,1H3,(H,28,31). The summed E-state index contributed by atoms with van der Waals surface area (Å²) in [7, 11) is 0. The van der Waals surface area contributed by atoms with Crippen LogP contribution >= 0.6 is 0 Å². The lowest BCUT2D eigenvalue weighted by molar-refractivity contribution is -0.385. The van der Waals surface area contributed by atoms with Crippen molar-refractivity contribution in [3.63, 3.8) is 0 Å². The zero-order chi connectivity index (χ0) is 24.1. The van der Waals surface area contributed by atoms with Crippen LogP contribution in [0.5, 0.6) is 0 Å². The number of carbonyl (C=O) groups is 2. The second kappa shape index (κ2) is 10.3. The highest BCUT2D eigenvalue weighted by Crippen LogP contribution is 2.26. The van der Waals surface area contributed by atoms with Gasteiger partial charge in [0.1, 0.15) is 6.04 Å². The lowest BCUT2D eigenvalue weighted by Crippen LogP contribution is -2.46. The Labute approximate surface area is 198 Å². The summed E-state index contributed by atoms with van der Waals surface area (Å²) in [5, 5.41) is 14.2. The second-order valence-corrected chi connectivity index (χ2v) is 8.53. The maximum Gasteiger partial charge on any atom is 0.272 e. The van der Waals surface area contributed by atoms with Crippen molar-refractivity contribution < 1.29 is 14.5 Å². The first-order valence-electron chi connectivity index (χ1n) is 11.4. The van der Waals surface area contributed by atoms with E-state index in [0.717, 1.165) is 17.5 Å². The number of benzene rings is 3. The number of nitrogens with one attached hydrogen (secondary N) is 1. The van der Waals surface area contributed by atoms with Gasteiger partial charge in [-0.3, -0.25) is 19.7 Å². The summed E-state index contributed by atoms with van der Waals surface area (Å²) in [6.07, 6.45) is 1.32. The van der Waals surface area contributed by atoms with Crippen molar-refractivity contribution >= 4 is 17.5 Å². The molecule has 0 aliphatic carbocycles. The lowest BCUT2D eigenvalue weighted by atomic mass is 9.91. The minimum absolute atomic E-state index is 0.00535. The van der Waals surface area contributed by atoms with Gasteiger partial charge in [-0.2, -0.15) is 0 Å². The summed E-state index contributed by atoms with van der Waals surface area (Å²) in [6, 6.07) is 23.8. The molecule has 174 valence electrons. The van der Waals surface area contributed by atoms with Crippen LogP contribution in [-0.2, 0) is 4.79 Å². The van der Waals surface area contributed by atoms with Crippen molar-refractivity contribution in [2.45, 2.75) is 31.7 Å². The average Bonchev–Trinajstić information content (AvgIpc) is 3.35. The second-order valence-electron chi connectivity index (χ2n) is 8.53. The van der Waals surface area contributed by atoms with Gasteiger partial charge in [0, 0.05) is 36.2 Å². The van der Waals surface area contributed by atoms with E-state index in [9.17, 15) is 19.7 Å². The van der Waals surface area contributed by atoms with Crippen molar-refractivity contribution in [3.8, 4) is 0 Å². The smallest absolute Gasteiger partial charge is 0.272 e. The van der Waals surface area contributed by atoms with Gasteiger partial charge in [-0.15, -0.1) is 0 Å². The van der Waals surface area contributed by atoms with Crippen molar-refractivity contribution in [3.05, 3.63) is 111 Å². The fourth-order valence-electron chi connectivity index (χ4n) is 4.56. The Morgan fingerprint density at radius 3 is 2.21 bits per heavy atom. The van der Waals surface area contributed by atoms with E-state index in [1.165, 1.54) is 18.2 Å². The lowest BCUT2D eigenvalue weighted by Gasteiger charge is -2.26. The van der Waals surface area contributed by atoms with Gasteiger partial charge in [-0.25, -0.2) is 0 Å². The number of hydrogen-bond donors (Lipinski definition) is 1. The third-order valence-electron chi connectivity index (χ3n) is 6.34. The van der Waals surface area contributed by atoms with Crippen LogP contribution in [0.1, 0.15) is 45.8 Å². The number of hydrogen-bond acceptors (Lipinski definition) is 4. The van der Waals surface area contributed by atoms with Crippen LogP contribution in [-0.4, -0.2) is 40.8 Å². The van der Waals surface area contributed by atoms with E-state index in [1.54, 1.807) is 11.8 Å². The van der Waals surface area contributed by atoms with E-state index in [0.29, 0.717) is 30.6 Å². The molecule has 1 aliphatic rings. The minimum Gasteiger partial charge on any atom is -0.353 e. The summed E-state index contributed by atoms with van der Waals surface area (Å²) in [5.41, 5.74) is 2.96. The average molecular weight is 458 g/mol. The van der Waals surface area contributed by atoms with Crippen molar-refractivity contribution in [2.75, 3.05) is 13.1 Å². The van der Waals surface area contributed by atoms with Gasteiger partial charge in [-0.1, -0.05) is 60.7 Å². The number of nitrogens with zero attached hydrogens (tertiary/aromatic N) is 2. The highest BCUT2D eigenvalue weighted by molar-refractivity contribution is 5.98. The van der Waals surface area contributed by atoms with Crippen LogP contribution in [0.25, 0.3) is 0 Å². The molecule has 3 aromatic rings. The molecule has 34 heavy (non-hydrogen) atoms. The molecule has 1 heterocycles. The van der Waals surface area contributed by atoms with Crippen LogP contribution in [0.2, 0.25) is 0 Å². The quantitative estimate of drug-likeness (QED) is 0.419. The van der Waals surface area contributed by atoms with Crippen molar-refractivity contribution in [2.24, 2.45) is 0 Å². The van der Waals surface area contributed by atoms with Gasteiger partial charge in [0.25, 0.3) is 11.6 Å². The molecule has 0 spiro atoms. The number of nitro benzene ring substituents is 1. The molecule has 7 heteroatoms. The third-order valence-corrected chi connectivity index (χ3v) is 6.34. The molecule has 1 unspecified atom stereocenters. The predicted molar refractivity (Wildman–Crippen MR) is 130 cm³/mol. The molecule has 1 atom stereocenters. The maximum absolute atomic E-state index is 13.2. The van der Waals surface area contributed by atoms with E-state index in [2.05, 4.69) is 5.32 Å². The maximum atomic E-state index is 13.2. The van der Waals surface area contributed by atoms with Crippen LogP contribution in [0.15, 0.2) is 78.9 Å². The fraction of sp³-hybridized carbons (Fsp3) is 0.259. The molecule has 1 aliphatic heterocycles. The largest absolute Gasteiger partial charge is 0.353 e. The molecule has 1 saturated heterocycles. The zero-order valence-electron chi connectivity index (χ0n) is 19.0. The first kappa shape index (κ1) is 23.2. The molecule has 2 amide bonds. The minimum atomic E-state index is -0.560. The first-order valence-corrected chi connectivity index (χ1v) is 11.4. The predicted octanol–water partition coefficient (Wildman–Crippen LogP) is 4.46. The van der Waals surface area contributed by atoms with Crippen LogP contribution in [0.3, 0.4) is 0 Å². The summed E-state index contributed by atoms with van der Waals surface area (Å²) in [5.74, 6) is -0.464. The first-order chi connectivity index (χ1) is 16.5. The molecular formula is C27H27N3O4. The Morgan fingerprint density at radius 2 is 1.65 bits per heavy atom. The van der Waals surface area contributed by atoms with Crippen molar-refractivity contribution in [1.29, 1.82) is 0 Å². The molecule has 1 fully saturated rings. The summed E-state index contributed by atoms with van der Waals surface area (Å²) >= 11 is 0.